The van der Waals surface area contributed by atoms with Gasteiger partial charge >= 0.3 is 0 Å². The summed E-state index contributed by atoms with van der Waals surface area (Å²) in [5.74, 6) is 0.941. The molecule has 1 saturated heterocycles. The van der Waals surface area contributed by atoms with Crippen molar-refractivity contribution in [1.29, 1.82) is 0 Å². The molecule has 1 aliphatic rings. The summed E-state index contributed by atoms with van der Waals surface area (Å²) in [7, 11) is 0. The lowest BCUT2D eigenvalue weighted by Gasteiger charge is -2.26. The van der Waals surface area contributed by atoms with Gasteiger partial charge < -0.3 is 4.90 Å². The lowest BCUT2D eigenvalue weighted by molar-refractivity contribution is 0.709. The van der Waals surface area contributed by atoms with Crippen molar-refractivity contribution >= 4 is 32.8 Å². The number of pyridine rings is 1. The molecule has 6 nitrogen and oxygen atoms in total. The van der Waals surface area contributed by atoms with Crippen LogP contribution >= 0.6 is 15.9 Å². The van der Waals surface area contributed by atoms with Gasteiger partial charge in [0.15, 0.2) is 5.65 Å². The molecule has 1 unspecified atom stereocenters. The van der Waals surface area contributed by atoms with Gasteiger partial charge in [0.2, 0.25) is 0 Å². The summed E-state index contributed by atoms with van der Waals surface area (Å²) in [6, 6.07) is 2.42. The third-order valence-electron chi connectivity index (χ3n) is 3.86. The molecule has 4 rings (SSSR count). The van der Waals surface area contributed by atoms with E-state index in [0.717, 1.165) is 40.7 Å². The highest BCUT2D eigenvalue weighted by Crippen LogP contribution is 2.37. The van der Waals surface area contributed by atoms with E-state index >= 15 is 0 Å². The zero-order valence-electron chi connectivity index (χ0n) is 11.2. The lowest BCUT2D eigenvalue weighted by atomic mass is 10.1. The molecule has 1 aliphatic heterocycles. The van der Waals surface area contributed by atoms with E-state index < -0.39 is 0 Å². The highest BCUT2D eigenvalue weighted by atomic mass is 79.9. The Hall–Kier alpha value is -2.02. The van der Waals surface area contributed by atoms with Gasteiger partial charge in [0, 0.05) is 23.4 Å². The molecule has 0 spiro atoms. The molecule has 3 aromatic rings. The van der Waals surface area contributed by atoms with Gasteiger partial charge in [0.1, 0.15) is 12.1 Å². The van der Waals surface area contributed by atoms with Crippen molar-refractivity contribution in [3.8, 4) is 0 Å². The molecule has 0 bridgehead atoms. The molecule has 0 saturated carbocycles. The fraction of sp³-hybridized carbons (Fsp3) is 0.286. The molecule has 1 N–H and O–H groups in total. The van der Waals surface area contributed by atoms with Gasteiger partial charge in [-0.25, -0.2) is 9.97 Å². The van der Waals surface area contributed by atoms with E-state index in [-0.39, 0.29) is 0 Å². The van der Waals surface area contributed by atoms with E-state index in [1.807, 2.05) is 12.4 Å². The first-order chi connectivity index (χ1) is 10.3. The van der Waals surface area contributed by atoms with Crippen molar-refractivity contribution in [2.24, 2.45) is 0 Å². The van der Waals surface area contributed by atoms with E-state index in [2.05, 4.69) is 52.0 Å². The summed E-state index contributed by atoms with van der Waals surface area (Å²) in [6.07, 6.45) is 9.36. The Morgan fingerprint density at radius 1 is 1.24 bits per heavy atom. The Bertz CT molecular complexity index is 786. The number of aromatic amines is 1. The van der Waals surface area contributed by atoms with Crippen LogP contribution in [0.2, 0.25) is 0 Å². The van der Waals surface area contributed by atoms with Crippen molar-refractivity contribution in [3.05, 3.63) is 41.0 Å². The minimum atomic E-state index is 0.294. The molecule has 0 radical (unpaired) electrons. The molecule has 0 aromatic carbocycles. The molecule has 3 aromatic heterocycles. The maximum absolute atomic E-state index is 4.48. The van der Waals surface area contributed by atoms with E-state index in [1.165, 1.54) is 5.56 Å². The van der Waals surface area contributed by atoms with Gasteiger partial charge in [-0.05, 0) is 40.4 Å². The zero-order valence-corrected chi connectivity index (χ0v) is 12.8. The van der Waals surface area contributed by atoms with Crippen LogP contribution in [0.3, 0.4) is 0 Å². The van der Waals surface area contributed by atoms with Crippen molar-refractivity contribution < 1.29 is 0 Å². The summed E-state index contributed by atoms with van der Waals surface area (Å²) in [5.41, 5.74) is 1.98. The normalized spacial score (nSPS) is 18.5. The molecule has 7 heteroatoms. The monoisotopic (exact) mass is 344 g/mol. The average molecular weight is 345 g/mol. The second kappa shape index (κ2) is 5.07. The summed E-state index contributed by atoms with van der Waals surface area (Å²) in [4.78, 5) is 15.3. The van der Waals surface area contributed by atoms with E-state index in [0.29, 0.717) is 6.04 Å². The summed E-state index contributed by atoms with van der Waals surface area (Å²) >= 11 is 3.50. The predicted molar refractivity (Wildman–Crippen MR) is 82.9 cm³/mol. The number of aromatic nitrogens is 5. The van der Waals surface area contributed by atoms with Crippen LogP contribution in [-0.2, 0) is 0 Å². The number of rotatable bonds is 2. The number of halogens is 1. The van der Waals surface area contributed by atoms with Gasteiger partial charge in [-0.3, -0.25) is 10.1 Å². The largest absolute Gasteiger partial charge is 0.349 e. The van der Waals surface area contributed by atoms with E-state index in [9.17, 15) is 0 Å². The van der Waals surface area contributed by atoms with E-state index in [1.54, 1.807) is 12.5 Å². The number of H-pyrrole nitrogens is 1. The second-order valence-corrected chi connectivity index (χ2v) is 6.03. The zero-order chi connectivity index (χ0) is 14.2. The van der Waals surface area contributed by atoms with Gasteiger partial charge in [-0.1, -0.05) is 0 Å². The fourth-order valence-corrected chi connectivity index (χ4v) is 3.34. The Morgan fingerprint density at radius 3 is 3.10 bits per heavy atom. The maximum Gasteiger partial charge on any atom is 0.160 e. The third kappa shape index (κ3) is 2.17. The SMILES string of the molecule is Brc1cncc(C2CCCN2c2ncnc3[nH]ncc23)c1. The Balaban J connectivity index is 1.78. The summed E-state index contributed by atoms with van der Waals surface area (Å²) in [5, 5.41) is 7.94. The van der Waals surface area contributed by atoms with Crippen molar-refractivity contribution in [3.63, 3.8) is 0 Å². The first-order valence-corrected chi connectivity index (χ1v) is 7.63. The lowest BCUT2D eigenvalue weighted by Crippen LogP contribution is -2.24. The number of hydrogen-bond acceptors (Lipinski definition) is 5. The predicted octanol–water partition coefficient (Wildman–Crippen LogP) is 2.85. The smallest absolute Gasteiger partial charge is 0.160 e. The number of fused-ring (bicyclic) bond motifs is 1. The second-order valence-electron chi connectivity index (χ2n) is 5.12. The van der Waals surface area contributed by atoms with Crippen molar-refractivity contribution in [2.75, 3.05) is 11.4 Å². The van der Waals surface area contributed by atoms with Gasteiger partial charge in [0.25, 0.3) is 0 Å². The molecular weight excluding hydrogens is 332 g/mol. The fourth-order valence-electron chi connectivity index (χ4n) is 2.96. The van der Waals surface area contributed by atoms with Crippen LogP contribution in [0.25, 0.3) is 11.0 Å². The number of nitrogens with zero attached hydrogens (tertiary/aromatic N) is 5. The first-order valence-electron chi connectivity index (χ1n) is 6.84. The van der Waals surface area contributed by atoms with Crippen LogP contribution < -0.4 is 4.90 Å². The first kappa shape index (κ1) is 12.7. The number of hydrogen-bond donors (Lipinski definition) is 1. The number of nitrogens with one attached hydrogen (secondary N) is 1. The quantitative estimate of drug-likeness (QED) is 0.773. The van der Waals surface area contributed by atoms with Crippen LogP contribution in [0.1, 0.15) is 24.4 Å². The highest BCUT2D eigenvalue weighted by molar-refractivity contribution is 9.10. The molecule has 4 heterocycles. The number of anilines is 1. The average Bonchev–Trinajstić information content (AvgIpc) is 3.16. The molecule has 106 valence electrons. The Morgan fingerprint density at radius 2 is 2.19 bits per heavy atom. The van der Waals surface area contributed by atoms with Gasteiger partial charge in [-0.2, -0.15) is 5.10 Å². The third-order valence-corrected chi connectivity index (χ3v) is 4.30. The molecule has 1 atom stereocenters. The standard InChI is InChI=1S/C14H13BrN6/c15-10-4-9(5-16-6-10)12-2-1-3-21(12)14-11-7-19-20-13(11)17-8-18-14/h4-8,12H,1-3H2,(H,17,18,19,20). The Kier molecular flexibility index (Phi) is 3.07. The molecule has 1 fully saturated rings. The minimum absolute atomic E-state index is 0.294. The molecule has 0 amide bonds. The van der Waals surface area contributed by atoms with Crippen LogP contribution in [0.15, 0.2) is 35.5 Å². The van der Waals surface area contributed by atoms with Crippen LogP contribution in [0.5, 0.6) is 0 Å². The van der Waals surface area contributed by atoms with Crippen molar-refractivity contribution in [1.82, 2.24) is 25.1 Å². The van der Waals surface area contributed by atoms with Crippen LogP contribution in [-0.4, -0.2) is 31.7 Å². The highest BCUT2D eigenvalue weighted by Gasteiger charge is 2.29. The molecule has 21 heavy (non-hydrogen) atoms. The Labute approximate surface area is 129 Å². The molecule has 0 aliphatic carbocycles. The van der Waals surface area contributed by atoms with Crippen molar-refractivity contribution in [2.45, 2.75) is 18.9 Å². The minimum Gasteiger partial charge on any atom is -0.349 e. The van der Waals surface area contributed by atoms with E-state index in [4.69, 9.17) is 0 Å². The topological polar surface area (TPSA) is 70.6 Å². The summed E-state index contributed by atoms with van der Waals surface area (Å²) in [6.45, 7) is 0.981. The van der Waals surface area contributed by atoms with Gasteiger partial charge in [-0.15, -0.1) is 0 Å². The maximum atomic E-state index is 4.48. The van der Waals surface area contributed by atoms with Gasteiger partial charge in [0.05, 0.1) is 17.6 Å². The van der Waals surface area contributed by atoms with Crippen LogP contribution in [0.4, 0.5) is 5.82 Å². The van der Waals surface area contributed by atoms with Crippen LogP contribution in [0, 0.1) is 0 Å². The molecular formula is C14H13BrN6. The summed E-state index contributed by atoms with van der Waals surface area (Å²) < 4.78 is 1.00.